The first-order chi connectivity index (χ1) is 10.5. The number of aryl methyl sites for hydroxylation is 2. The van der Waals surface area contributed by atoms with Crippen LogP contribution >= 0.6 is 11.3 Å². The van der Waals surface area contributed by atoms with Crippen LogP contribution in [0.2, 0.25) is 0 Å². The maximum atomic E-state index is 12.3. The highest BCUT2D eigenvalue weighted by Gasteiger charge is 2.23. The van der Waals surface area contributed by atoms with Crippen molar-refractivity contribution in [3.63, 3.8) is 0 Å². The number of carbonyl (C=O) groups is 2. The number of rotatable bonds is 5. The number of likely N-dealkylation sites (N-methyl/N-ethyl adjacent to an activating group) is 1. The van der Waals surface area contributed by atoms with Gasteiger partial charge >= 0.3 is 0 Å². The van der Waals surface area contributed by atoms with E-state index in [1.165, 1.54) is 10.4 Å². The Labute approximate surface area is 136 Å². The van der Waals surface area contributed by atoms with Crippen LogP contribution in [-0.4, -0.2) is 49.4 Å². The van der Waals surface area contributed by atoms with Gasteiger partial charge in [0.2, 0.25) is 5.91 Å². The van der Waals surface area contributed by atoms with Crippen LogP contribution in [0.5, 0.6) is 0 Å². The lowest BCUT2D eigenvalue weighted by Gasteiger charge is -2.31. The molecule has 0 saturated carbocycles. The maximum absolute atomic E-state index is 12.3. The lowest BCUT2D eigenvalue weighted by atomic mass is 10.0. The molecule has 22 heavy (non-hydrogen) atoms. The Morgan fingerprint density at radius 1 is 1.36 bits per heavy atom. The molecule has 2 amide bonds. The Balaban J connectivity index is 1.82. The number of thiophene rings is 1. The van der Waals surface area contributed by atoms with Crippen molar-refractivity contribution in [3.05, 3.63) is 21.4 Å². The number of hydrogen-bond donors (Lipinski definition) is 2. The van der Waals surface area contributed by atoms with E-state index in [4.69, 9.17) is 0 Å². The van der Waals surface area contributed by atoms with E-state index in [0.717, 1.165) is 37.2 Å². The Bertz CT molecular complexity index is 533. The fraction of sp³-hybridized carbons (Fsp3) is 0.625. The van der Waals surface area contributed by atoms with Crippen LogP contribution in [-0.2, 0) is 11.2 Å². The molecule has 0 unspecified atom stereocenters. The first-order valence-electron chi connectivity index (χ1n) is 7.86. The van der Waals surface area contributed by atoms with Crippen molar-refractivity contribution in [2.45, 2.75) is 39.2 Å². The lowest BCUT2D eigenvalue weighted by Crippen LogP contribution is -2.47. The summed E-state index contributed by atoms with van der Waals surface area (Å²) >= 11 is 1.57. The fourth-order valence-corrected chi connectivity index (χ4v) is 3.77. The summed E-state index contributed by atoms with van der Waals surface area (Å²) in [6.07, 6.45) is 2.76. The number of piperidine rings is 1. The molecule has 1 aliphatic heterocycles. The van der Waals surface area contributed by atoms with Crippen molar-refractivity contribution >= 4 is 23.2 Å². The molecule has 2 heterocycles. The van der Waals surface area contributed by atoms with Gasteiger partial charge in [-0.2, -0.15) is 0 Å². The molecule has 1 aliphatic rings. The van der Waals surface area contributed by atoms with E-state index in [9.17, 15) is 9.59 Å². The summed E-state index contributed by atoms with van der Waals surface area (Å²) < 4.78 is 0. The predicted molar refractivity (Wildman–Crippen MR) is 89.4 cm³/mol. The third kappa shape index (κ3) is 4.30. The second-order valence-corrected chi connectivity index (χ2v) is 7.00. The Hall–Kier alpha value is -1.40. The first-order valence-corrected chi connectivity index (χ1v) is 8.68. The van der Waals surface area contributed by atoms with Crippen molar-refractivity contribution in [1.29, 1.82) is 0 Å². The first kappa shape index (κ1) is 17.0. The number of likely N-dealkylation sites (tertiary alicyclic amines) is 1. The van der Waals surface area contributed by atoms with Crippen molar-refractivity contribution < 1.29 is 9.59 Å². The molecule has 0 aromatic carbocycles. The molecule has 1 fully saturated rings. The summed E-state index contributed by atoms with van der Waals surface area (Å²) in [7, 11) is 1.66. The summed E-state index contributed by atoms with van der Waals surface area (Å²) in [5, 5.41) is 5.77. The SMILES string of the molecule is CCc1cc(C(=O)NC2CCN(CC(=O)NC)CC2)sc1C. The highest BCUT2D eigenvalue weighted by atomic mass is 32.1. The van der Waals surface area contributed by atoms with Crippen molar-refractivity contribution in [3.8, 4) is 0 Å². The number of hydrogen-bond acceptors (Lipinski definition) is 4. The summed E-state index contributed by atoms with van der Waals surface area (Å²) in [6.45, 7) is 6.32. The van der Waals surface area contributed by atoms with Gasteiger partial charge < -0.3 is 10.6 Å². The zero-order valence-electron chi connectivity index (χ0n) is 13.6. The van der Waals surface area contributed by atoms with Gasteiger partial charge in [0.05, 0.1) is 11.4 Å². The fourth-order valence-electron chi connectivity index (χ4n) is 2.76. The van der Waals surface area contributed by atoms with E-state index in [1.807, 2.05) is 6.07 Å². The van der Waals surface area contributed by atoms with Crippen LogP contribution in [0.3, 0.4) is 0 Å². The monoisotopic (exact) mass is 323 g/mol. The van der Waals surface area contributed by atoms with E-state index in [2.05, 4.69) is 29.4 Å². The number of nitrogens with zero attached hydrogens (tertiary/aromatic N) is 1. The van der Waals surface area contributed by atoms with Crippen molar-refractivity contribution in [2.75, 3.05) is 26.7 Å². The molecule has 0 aliphatic carbocycles. The molecule has 6 heteroatoms. The molecule has 1 aromatic rings. The lowest BCUT2D eigenvalue weighted by molar-refractivity contribution is -0.122. The topological polar surface area (TPSA) is 61.4 Å². The van der Waals surface area contributed by atoms with E-state index in [-0.39, 0.29) is 17.9 Å². The molecule has 1 aromatic heterocycles. The van der Waals surface area contributed by atoms with Gasteiger partial charge in [-0.05, 0) is 37.8 Å². The quantitative estimate of drug-likeness (QED) is 0.864. The molecule has 5 nitrogen and oxygen atoms in total. The summed E-state index contributed by atoms with van der Waals surface area (Å²) in [5.41, 5.74) is 1.26. The van der Waals surface area contributed by atoms with Crippen LogP contribution in [0.4, 0.5) is 0 Å². The minimum atomic E-state index is 0.0394. The zero-order chi connectivity index (χ0) is 16.1. The van der Waals surface area contributed by atoms with E-state index >= 15 is 0 Å². The second kappa shape index (κ2) is 7.74. The molecule has 2 N–H and O–H groups in total. The van der Waals surface area contributed by atoms with Gasteiger partial charge in [0.1, 0.15) is 0 Å². The molecular weight excluding hydrogens is 298 g/mol. The molecule has 1 saturated heterocycles. The summed E-state index contributed by atoms with van der Waals surface area (Å²) in [6, 6.07) is 2.22. The average molecular weight is 323 g/mol. The van der Waals surface area contributed by atoms with Gasteiger partial charge in [0.15, 0.2) is 0 Å². The third-order valence-electron chi connectivity index (χ3n) is 4.19. The average Bonchev–Trinajstić information content (AvgIpc) is 2.90. The molecule has 122 valence electrons. The van der Waals surface area contributed by atoms with Crippen LogP contribution < -0.4 is 10.6 Å². The standard InChI is InChI=1S/C16H25N3O2S/c1-4-12-9-14(22-11(12)2)16(21)18-13-5-7-19(8-6-13)10-15(20)17-3/h9,13H,4-8,10H2,1-3H3,(H,17,20)(H,18,21). The van der Waals surface area contributed by atoms with Gasteiger partial charge in [-0.15, -0.1) is 11.3 Å². The Morgan fingerprint density at radius 3 is 2.59 bits per heavy atom. The van der Waals surface area contributed by atoms with Gasteiger partial charge in [-0.3, -0.25) is 14.5 Å². The molecule has 0 atom stereocenters. The zero-order valence-corrected chi connectivity index (χ0v) is 14.4. The van der Waals surface area contributed by atoms with E-state index < -0.39 is 0 Å². The number of nitrogens with one attached hydrogen (secondary N) is 2. The van der Waals surface area contributed by atoms with Gasteiger partial charge in [0.25, 0.3) is 5.91 Å². The minimum Gasteiger partial charge on any atom is -0.358 e. The smallest absolute Gasteiger partial charge is 0.261 e. The van der Waals surface area contributed by atoms with Crippen molar-refractivity contribution in [2.24, 2.45) is 0 Å². The van der Waals surface area contributed by atoms with E-state index in [0.29, 0.717) is 6.54 Å². The summed E-state index contributed by atoms with van der Waals surface area (Å²) in [5.74, 6) is 0.0844. The van der Waals surface area contributed by atoms with Crippen molar-refractivity contribution in [1.82, 2.24) is 15.5 Å². The molecular formula is C16H25N3O2S. The van der Waals surface area contributed by atoms with Crippen LogP contribution in [0.1, 0.15) is 39.9 Å². The van der Waals surface area contributed by atoms with Gasteiger partial charge in [0, 0.05) is 31.1 Å². The van der Waals surface area contributed by atoms with Gasteiger partial charge in [-0.25, -0.2) is 0 Å². The Kier molecular flexibility index (Phi) is 5.97. The number of amides is 2. The number of carbonyl (C=O) groups excluding carboxylic acids is 2. The highest BCUT2D eigenvalue weighted by Crippen LogP contribution is 2.22. The second-order valence-electron chi connectivity index (χ2n) is 5.74. The minimum absolute atomic E-state index is 0.0394. The predicted octanol–water partition coefficient (Wildman–Crippen LogP) is 1.56. The molecule has 2 rings (SSSR count). The molecule has 0 spiro atoms. The summed E-state index contributed by atoms with van der Waals surface area (Å²) in [4.78, 5) is 27.9. The normalized spacial score (nSPS) is 16.5. The van der Waals surface area contributed by atoms with Crippen LogP contribution in [0.15, 0.2) is 6.07 Å². The highest BCUT2D eigenvalue weighted by molar-refractivity contribution is 7.14. The largest absolute Gasteiger partial charge is 0.358 e. The van der Waals surface area contributed by atoms with Crippen LogP contribution in [0, 0.1) is 6.92 Å². The molecule has 0 bridgehead atoms. The van der Waals surface area contributed by atoms with Gasteiger partial charge in [-0.1, -0.05) is 6.92 Å². The Morgan fingerprint density at radius 2 is 2.05 bits per heavy atom. The van der Waals surface area contributed by atoms with E-state index in [1.54, 1.807) is 18.4 Å². The molecule has 0 radical (unpaired) electrons. The van der Waals surface area contributed by atoms with Crippen LogP contribution in [0.25, 0.3) is 0 Å². The third-order valence-corrected chi connectivity index (χ3v) is 5.29. The maximum Gasteiger partial charge on any atom is 0.261 e.